The highest BCUT2D eigenvalue weighted by Gasteiger charge is 2.22. The van der Waals surface area contributed by atoms with Crippen molar-refractivity contribution < 1.29 is 9.59 Å². The van der Waals surface area contributed by atoms with Gasteiger partial charge >= 0.3 is 0 Å². The predicted molar refractivity (Wildman–Crippen MR) is 94.7 cm³/mol. The lowest BCUT2D eigenvalue weighted by Gasteiger charge is -2.35. The van der Waals surface area contributed by atoms with Crippen LogP contribution in [0.25, 0.3) is 0 Å². The van der Waals surface area contributed by atoms with Gasteiger partial charge in [-0.05, 0) is 17.5 Å². The number of piperazine rings is 1. The van der Waals surface area contributed by atoms with E-state index in [4.69, 9.17) is 0 Å². The summed E-state index contributed by atoms with van der Waals surface area (Å²) in [5, 5.41) is 2.84. The molecule has 0 aromatic carbocycles. The molecule has 1 aliphatic heterocycles. The maximum Gasteiger partial charge on any atom is 0.224 e. The van der Waals surface area contributed by atoms with Gasteiger partial charge in [-0.3, -0.25) is 9.59 Å². The highest BCUT2D eigenvalue weighted by atomic mass is 16.2. The van der Waals surface area contributed by atoms with Crippen LogP contribution in [-0.4, -0.2) is 54.4 Å². The van der Waals surface area contributed by atoms with Crippen molar-refractivity contribution in [2.45, 2.75) is 33.6 Å². The van der Waals surface area contributed by atoms with E-state index >= 15 is 0 Å². The lowest BCUT2D eigenvalue weighted by molar-refractivity contribution is -0.131. The fourth-order valence-electron chi connectivity index (χ4n) is 2.74. The highest BCUT2D eigenvalue weighted by Crippen LogP contribution is 2.17. The molecule has 0 spiro atoms. The number of amides is 2. The van der Waals surface area contributed by atoms with E-state index in [0.717, 1.165) is 18.9 Å². The third-order valence-electron chi connectivity index (χ3n) is 3.96. The summed E-state index contributed by atoms with van der Waals surface area (Å²) in [6.07, 6.45) is 2.62. The number of carbonyl (C=O) groups excluding carboxylic acids is 2. The third kappa shape index (κ3) is 5.83. The molecular formula is C18H28N4O2. The fraction of sp³-hybridized carbons (Fsp3) is 0.611. The first-order valence-electron chi connectivity index (χ1n) is 8.56. The van der Waals surface area contributed by atoms with E-state index in [1.54, 1.807) is 6.20 Å². The SMILES string of the molecule is CC(C)(C)CC(=O)NCCC(=O)N1CCN(c2ccccn2)CC1. The first kappa shape index (κ1) is 18.2. The number of pyridine rings is 1. The molecule has 1 saturated heterocycles. The van der Waals surface area contributed by atoms with Crippen LogP contribution in [0.15, 0.2) is 24.4 Å². The first-order chi connectivity index (χ1) is 11.3. The molecule has 1 aromatic heterocycles. The number of nitrogens with one attached hydrogen (secondary N) is 1. The normalized spacial score (nSPS) is 15.3. The monoisotopic (exact) mass is 332 g/mol. The molecule has 132 valence electrons. The Kier molecular flexibility index (Phi) is 6.17. The number of nitrogens with zero attached hydrogens (tertiary/aromatic N) is 3. The van der Waals surface area contributed by atoms with E-state index in [2.05, 4.69) is 15.2 Å². The van der Waals surface area contributed by atoms with Crippen LogP contribution in [0.3, 0.4) is 0 Å². The lowest BCUT2D eigenvalue weighted by Crippen LogP contribution is -2.49. The average molecular weight is 332 g/mol. The van der Waals surface area contributed by atoms with Gasteiger partial charge in [0.05, 0.1) is 0 Å². The fourth-order valence-corrected chi connectivity index (χ4v) is 2.74. The Bertz CT molecular complexity index is 546. The molecule has 6 heteroatoms. The summed E-state index contributed by atoms with van der Waals surface area (Å²) in [5.74, 6) is 1.07. The van der Waals surface area contributed by atoms with Gasteiger partial charge in [-0.1, -0.05) is 26.8 Å². The minimum Gasteiger partial charge on any atom is -0.356 e. The Morgan fingerprint density at radius 1 is 1.17 bits per heavy atom. The first-order valence-corrected chi connectivity index (χ1v) is 8.56. The molecule has 2 rings (SSSR count). The molecule has 2 heterocycles. The highest BCUT2D eigenvalue weighted by molar-refractivity contribution is 5.79. The summed E-state index contributed by atoms with van der Waals surface area (Å²) in [5.41, 5.74) is -0.0319. The van der Waals surface area contributed by atoms with Crippen LogP contribution in [0, 0.1) is 5.41 Å². The maximum absolute atomic E-state index is 12.2. The molecule has 0 bridgehead atoms. The zero-order valence-corrected chi connectivity index (χ0v) is 14.9. The van der Waals surface area contributed by atoms with Gasteiger partial charge in [-0.15, -0.1) is 0 Å². The molecule has 0 saturated carbocycles. The number of carbonyl (C=O) groups is 2. The molecule has 1 N–H and O–H groups in total. The molecule has 0 unspecified atom stereocenters. The second kappa shape index (κ2) is 8.13. The molecular weight excluding hydrogens is 304 g/mol. The van der Waals surface area contributed by atoms with Gasteiger partial charge in [0.15, 0.2) is 0 Å². The smallest absolute Gasteiger partial charge is 0.224 e. The summed E-state index contributed by atoms with van der Waals surface area (Å²) in [7, 11) is 0. The van der Waals surface area contributed by atoms with Gasteiger partial charge in [0.1, 0.15) is 5.82 Å². The van der Waals surface area contributed by atoms with E-state index < -0.39 is 0 Å². The van der Waals surface area contributed by atoms with Gasteiger partial charge in [0.25, 0.3) is 0 Å². The third-order valence-corrected chi connectivity index (χ3v) is 3.96. The van der Waals surface area contributed by atoms with Gasteiger partial charge in [-0.25, -0.2) is 4.98 Å². The number of anilines is 1. The van der Waals surface area contributed by atoms with Crippen molar-refractivity contribution in [2.75, 3.05) is 37.6 Å². The van der Waals surface area contributed by atoms with Crippen molar-refractivity contribution in [1.29, 1.82) is 0 Å². The molecule has 0 atom stereocenters. The van der Waals surface area contributed by atoms with Crippen molar-refractivity contribution >= 4 is 17.6 Å². The topological polar surface area (TPSA) is 65.5 Å². The summed E-state index contributed by atoms with van der Waals surface area (Å²) >= 11 is 0. The van der Waals surface area contributed by atoms with Crippen LogP contribution in [0.2, 0.25) is 0 Å². The molecule has 0 aliphatic carbocycles. The molecule has 0 radical (unpaired) electrons. The minimum atomic E-state index is -0.0319. The van der Waals surface area contributed by atoms with E-state index in [-0.39, 0.29) is 17.2 Å². The standard InChI is InChI=1S/C18H28N4O2/c1-18(2,3)14-16(23)20-9-7-17(24)22-12-10-21(11-13-22)15-6-4-5-8-19-15/h4-6,8H,7,9-14H2,1-3H3,(H,20,23). The van der Waals surface area contributed by atoms with Gasteiger partial charge in [0, 0.05) is 51.8 Å². The molecule has 1 aromatic rings. The van der Waals surface area contributed by atoms with Gasteiger partial charge < -0.3 is 15.1 Å². The van der Waals surface area contributed by atoms with E-state index in [0.29, 0.717) is 32.5 Å². The largest absolute Gasteiger partial charge is 0.356 e. The molecule has 2 amide bonds. The Labute approximate surface area is 144 Å². The van der Waals surface area contributed by atoms with Crippen LogP contribution in [0.1, 0.15) is 33.6 Å². The predicted octanol–water partition coefficient (Wildman–Crippen LogP) is 1.67. The molecule has 1 aliphatic rings. The minimum absolute atomic E-state index is 0.00951. The van der Waals surface area contributed by atoms with Crippen molar-refractivity contribution in [3.63, 3.8) is 0 Å². The van der Waals surface area contributed by atoms with Crippen LogP contribution in [-0.2, 0) is 9.59 Å². The van der Waals surface area contributed by atoms with Gasteiger partial charge in [0.2, 0.25) is 11.8 Å². The van der Waals surface area contributed by atoms with Crippen molar-refractivity contribution in [3.05, 3.63) is 24.4 Å². The van der Waals surface area contributed by atoms with Crippen molar-refractivity contribution in [2.24, 2.45) is 5.41 Å². The lowest BCUT2D eigenvalue weighted by atomic mass is 9.92. The maximum atomic E-state index is 12.2. The Morgan fingerprint density at radius 3 is 2.46 bits per heavy atom. The summed E-state index contributed by atoms with van der Waals surface area (Å²) in [6, 6.07) is 5.86. The summed E-state index contributed by atoms with van der Waals surface area (Å²) in [6.45, 7) is 9.47. The quantitative estimate of drug-likeness (QED) is 0.891. The zero-order valence-electron chi connectivity index (χ0n) is 14.9. The molecule has 24 heavy (non-hydrogen) atoms. The van der Waals surface area contributed by atoms with E-state index in [9.17, 15) is 9.59 Å². The number of hydrogen-bond acceptors (Lipinski definition) is 4. The second-order valence-electron chi connectivity index (χ2n) is 7.39. The number of aromatic nitrogens is 1. The Balaban J connectivity index is 1.69. The van der Waals surface area contributed by atoms with Gasteiger partial charge in [-0.2, -0.15) is 0 Å². The van der Waals surface area contributed by atoms with E-state index in [1.807, 2.05) is 43.9 Å². The average Bonchev–Trinajstić information content (AvgIpc) is 2.54. The summed E-state index contributed by atoms with van der Waals surface area (Å²) < 4.78 is 0. The Hall–Kier alpha value is -2.11. The second-order valence-corrected chi connectivity index (χ2v) is 7.39. The molecule has 1 fully saturated rings. The van der Waals surface area contributed by atoms with Crippen LogP contribution in [0.5, 0.6) is 0 Å². The van der Waals surface area contributed by atoms with Crippen LogP contribution < -0.4 is 10.2 Å². The zero-order chi connectivity index (χ0) is 17.6. The Morgan fingerprint density at radius 2 is 1.88 bits per heavy atom. The van der Waals surface area contributed by atoms with Crippen molar-refractivity contribution in [3.8, 4) is 0 Å². The summed E-state index contributed by atoms with van der Waals surface area (Å²) in [4.78, 5) is 32.4. The number of rotatable bonds is 5. The van der Waals surface area contributed by atoms with Crippen molar-refractivity contribution in [1.82, 2.24) is 15.2 Å². The van der Waals surface area contributed by atoms with Crippen LogP contribution >= 0.6 is 0 Å². The van der Waals surface area contributed by atoms with E-state index in [1.165, 1.54) is 0 Å². The van der Waals surface area contributed by atoms with Crippen LogP contribution in [0.4, 0.5) is 5.82 Å². The molecule has 6 nitrogen and oxygen atoms in total. The number of hydrogen-bond donors (Lipinski definition) is 1.